The highest BCUT2D eigenvalue weighted by Crippen LogP contribution is 2.33. The molecule has 0 fully saturated rings. The zero-order valence-corrected chi connectivity index (χ0v) is 17.7. The molecule has 7 nitrogen and oxygen atoms in total. The van der Waals surface area contributed by atoms with E-state index in [-0.39, 0.29) is 13.1 Å². The van der Waals surface area contributed by atoms with Crippen molar-refractivity contribution in [1.29, 1.82) is 0 Å². The Morgan fingerprint density at radius 3 is 2.68 bits per heavy atom. The van der Waals surface area contributed by atoms with Crippen LogP contribution in [-0.4, -0.2) is 20.8 Å². The van der Waals surface area contributed by atoms with Crippen LogP contribution in [0.3, 0.4) is 0 Å². The van der Waals surface area contributed by atoms with Crippen LogP contribution in [0.25, 0.3) is 21.9 Å². The number of rotatable bonds is 6. The number of thiophene rings is 1. The second-order valence-electron chi connectivity index (χ2n) is 7.01. The molecular weight excluding hydrogens is 419 g/mol. The molecule has 0 aliphatic heterocycles. The molecule has 4 aromatic rings. The van der Waals surface area contributed by atoms with Gasteiger partial charge in [0.1, 0.15) is 18.1 Å². The molecular formula is C22H19FN4O3S. The maximum atomic E-state index is 13.7. The summed E-state index contributed by atoms with van der Waals surface area (Å²) in [6.07, 6.45) is 0. The normalized spacial score (nSPS) is 10.9. The second kappa shape index (κ2) is 8.65. The van der Waals surface area contributed by atoms with E-state index in [1.807, 2.05) is 19.1 Å². The van der Waals surface area contributed by atoms with Gasteiger partial charge in [-0.3, -0.25) is 9.59 Å². The number of carbonyl (C=O) groups excluding carboxylic acids is 1. The minimum Gasteiger partial charge on any atom is -0.356 e. The number of benzene rings is 1. The highest BCUT2D eigenvalue weighted by Gasteiger charge is 2.18. The fourth-order valence-electron chi connectivity index (χ4n) is 3.05. The Kier molecular flexibility index (Phi) is 5.77. The molecule has 0 spiro atoms. The van der Waals surface area contributed by atoms with Gasteiger partial charge < -0.3 is 9.84 Å². The average Bonchev–Trinajstić information content (AvgIpc) is 3.37. The van der Waals surface area contributed by atoms with Crippen LogP contribution in [0.1, 0.15) is 16.1 Å². The summed E-state index contributed by atoms with van der Waals surface area (Å²) >= 11 is 1.52. The van der Waals surface area contributed by atoms with Crippen LogP contribution >= 0.6 is 11.3 Å². The van der Waals surface area contributed by atoms with E-state index in [9.17, 15) is 14.0 Å². The number of amides is 1. The van der Waals surface area contributed by atoms with Crippen LogP contribution in [-0.2, 0) is 17.9 Å². The van der Waals surface area contributed by atoms with Gasteiger partial charge in [0.05, 0.1) is 16.1 Å². The van der Waals surface area contributed by atoms with Gasteiger partial charge in [0.15, 0.2) is 5.76 Å². The van der Waals surface area contributed by atoms with Crippen molar-refractivity contribution in [2.45, 2.75) is 26.9 Å². The summed E-state index contributed by atoms with van der Waals surface area (Å²) in [6.45, 7) is 3.49. The quantitative estimate of drug-likeness (QED) is 0.496. The van der Waals surface area contributed by atoms with Crippen molar-refractivity contribution in [1.82, 2.24) is 20.3 Å². The first-order valence-electron chi connectivity index (χ1n) is 9.53. The fourth-order valence-corrected chi connectivity index (χ4v) is 3.92. The molecule has 0 aliphatic rings. The second-order valence-corrected chi connectivity index (χ2v) is 8.30. The van der Waals surface area contributed by atoms with Crippen molar-refractivity contribution in [2.75, 3.05) is 0 Å². The van der Waals surface area contributed by atoms with Crippen molar-refractivity contribution in [3.8, 4) is 21.9 Å². The molecule has 0 saturated heterocycles. The monoisotopic (exact) mass is 438 g/mol. The lowest BCUT2D eigenvalue weighted by atomic mass is 10.1. The Morgan fingerprint density at radius 1 is 1.19 bits per heavy atom. The Balaban J connectivity index is 1.63. The maximum absolute atomic E-state index is 13.7. The first kappa shape index (κ1) is 20.7. The zero-order valence-electron chi connectivity index (χ0n) is 16.9. The summed E-state index contributed by atoms with van der Waals surface area (Å²) in [5.41, 5.74) is 1.62. The van der Waals surface area contributed by atoms with Gasteiger partial charge in [-0.05, 0) is 32.0 Å². The third-order valence-corrected chi connectivity index (χ3v) is 5.60. The van der Waals surface area contributed by atoms with E-state index in [0.29, 0.717) is 28.3 Å². The van der Waals surface area contributed by atoms with E-state index in [2.05, 4.69) is 15.6 Å². The van der Waals surface area contributed by atoms with Crippen LogP contribution in [0.5, 0.6) is 0 Å². The van der Waals surface area contributed by atoms with Gasteiger partial charge >= 0.3 is 0 Å². The SMILES string of the molecule is Cc1cc(-c2cc(=O)n(CC(=O)NCc3ccccc3F)nc2-c2ccc(C)s2)on1. The summed E-state index contributed by atoms with van der Waals surface area (Å²) < 4.78 is 20.2. The lowest BCUT2D eigenvalue weighted by molar-refractivity contribution is -0.122. The zero-order chi connectivity index (χ0) is 22.0. The minimum atomic E-state index is -0.456. The number of hydrogen-bond acceptors (Lipinski definition) is 6. The number of carbonyl (C=O) groups is 1. The van der Waals surface area contributed by atoms with Gasteiger partial charge in [0.25, 0.3) is 5.56 Å². The smallest absolute Gasteiger partial charge is 0.268 e. The first-order chi connectivity index (χ1) is 14.9. The Morgan fingerprint density at radius 2 is 2.00 bits per heavy atom. The van der Waals surface area contributed by atoms with Gasteiger partial charge in [-0.2, -0.15) is 5.10 Å². The molecule has 0 unspecified atom stereocenters. The van der Waals surface area contributed by atoms with Crippen LogP contribution in [0.2, 0.25) is 0 Å². The molecule has 3 aromatic heterocycles. The summed E-state index contributed by atoms with van der Waals surface area (Å²) in [5, 5.41) is 11.0. The molecule has 4 rings (SSSR count). The Labute approximate surface area is 181 Å². The largest absolute Gasteiger partial charge is 0.356 e. The van der Waals surface area contributed by atoms with E-state index in [1.165, 1.54) is 23.5 Å². The van der Waals surface area contributed by atoms with E-state index >= 15 is 0 Å². The molecule has 1 N–H and O–H groups in total. The van der Waals surface area contributed by atoms with Crippen LogP contribution in [0.15, 0.2) is 57.8 Å². The number of halogens is 1. The number of aryl methyl sites for hydroxylation is 2. The van der Waals surface area contributed by atoms with Crippen molar-refractivity contribution < 1.29 is 13.7 Å². The van der Waals surface area contributed by atoms with E-state index in [0.717, 1.165) is 14.4 Å². The molecule has 0 saturated carbocycles. The molecule has 0 aliphatic carbocycles. The van der Waals surface area contributed by atoms with Crippen LogP contribution in [0.4, 0.5) is 4.39 Å². The lowest BCUT2D eigenvalue weighted by Crippen LogP contribution is -2.33. The summed E-state index contributed by atoms with van der Waals surface area (Å²) in [7, 11) is 0. The Hall–Kier alpha value is -3.59. The van der Waals surface area contributed by atoms with E-state index < -0.39 is 17.3 Å². The van der Waals surface area contributed by atoms with Gasteiger partial charge in [0, 0.05) is 29.1 Å². The third kappa shape index (κ3) is 4.61. The molecule has 0 atom stereocenters. The van der Waals surface area contributed by atoms with Gasteiger partial charge in [0.2, 0.25) is 5.91 Å². The van der Waals surface area contributed by atoms with Crippen LogP contribution in [0, 0.1) is 19.7 Å². The topological polar surface area (TPSA) is 90.0 Å². The Bertz CT molecular complexity index is 1310. The summed E-state index contributed by atoms with van der Waals surface area (Å²) in [4.78, 5) is 27.0. The number of aromatic nitrogens is 3. The summed E-state index contributed by atoms with van der Waals surface area (Å²) in [5.74, 6) is -0.422. The lowest BCUT2D eigenvalue weighted by Gasteiger charge is -2.10. The number of hydrogen-bond donors (Lipinski definition) is 1. The summed E-state index contributed by atoms with van der Waals surface area (Å²) in [6, 6.07) is 13.2. The minimum absolute atomic E-state index is 0.0205. The molecule has 158 valence electrons. The van der Waals surface area contributed by atoms with E-state index in [4.69, 9.17) is 4.52 Å². The first-order valence-corrected chi connectivity index (χ1v) is 10.3. The van der Waals surface area contributed by atoms with Crippen molar-refractivity contribution in [2.24, 2.45) is 0 Å². The van der Waals surface area contributed by atoms with Crippen molar-refractivity contribution in [3.63, 3.8) is 0 Å². The average molecular weight is 438 g/mol. The molecule has 1 amide bonds. The van der Waals surface area contributed by atoms with E-state index in [1.54, 1.807) is 31.2 Å². The van der Waals surface area contributed by atoms with Crippen molar-refractivity contribution >= 4 is 17.2 Å². The van der Waals surface area contributed by atoms with Crippen LogP contribution < -0.4 is 10.9 Å². The maximum Gasteiger partial charge on any atom is 0.268 e. The molecule has 0 radical (unpaired) electrons. The third-order valence-electron chi connectivity index (χ3n) is 4.59. The van der Waals surface area contributed by atoms with Crippen molar-refractivity contribution in [3.05, 3.63) is 80.8 Å². The molecule has 9 heteroatoms. The predicted molar refractivity (Wildman–Crippen MR) is 115 cm³/mol. The number of nitrogens with one attached hydrogen (secondary N) is 1. The van der Waals surface area contributed by atoms with Gasteiger partial charge in [-0.25, -0.2) is 9.07 Å². The molecule has 1 aromatic carbocycles. The molecule has 0 bridgehead atoms. The highest BCUT2D eigenvalue weighted by atomic mass is 32.1. The predicted octanol–water partition coefficient (Wildman–Crippen LogP) is 3.70. The molecule has 3 heterocycles. The fraction of sp³-hybridized carbons (Fsp3) is 0.182. The standard InChI is InChI=1S/C22H19FN4O3S/c1-13-9-18(30-26-13)16-10-21(29)27(25-22(16)19-8-7-14(2)31-19)12-20(28)24-11-15-5-3-4-6-17(15)23/h3-10H,11-12H2,1-2H3,(H,24,28). The highest BCUT2D eigenvalue weighted by molar-refractivity contribution is 7.15. The number of nitrogens with zero attached hydrogens (tertiary/aromatic N) is 3. The van der Waals surface area contributed by atoms with Gasteiger partial charge in [-0.1, -0.05) is 23.4 Å². The van der Waals surface area contributed by atoms with Gasteiger partial charge in [-0.15, -0.1) is 11.3 Å². The molecule has 31 heavy (non-hydrogen) atoms.